The molecule has 1 N–H and O–H groups in total. The Morgan fingerprint density at radius 2 is 1.65 bits per heavy atom. The van der Waals surface area contributed by atoms with Crippen molar-refractivity contribution < 1.29 is 14.3 Å². The number of para-hydroxylation sites is 1. The zero-order chi connectivity index (χ0) is 18.7. The molecule has 0 aliphatic heterocycles. The molecule has 0 fully saturated rings. The van der Waals surface area contributed by atoms with E-state index in [0.717, 1.165) is 22.1 Å². The standard InChI is InChI=1S/C22H21NO3/c1-14(22(25)23-21-7-5-4-6-20(21)15(2)24)16-8-9-18-13-19(26-3)11-10-17(18)12-16/h4-14H,1-3H3,(H,23,25)/t14-/m0/s1. The minimum Gasteiger partial charge on any atom is -0.497 e. The zero-order valence-corrected chi connectivity index (χ0v) is 15.1. The fraction of sp³-hybridized carbons (Fsp3) is 0.182. The molecule has 3 aromatic rings. The van der Waals surface area contributed by atoms with Gasteiger partial charge in [-0.1, -0.05) is 36.4 Å². The van der Waals surface area contributed by atoms with Crippen LogP contribution < -0.4 is 10.1 Å². The number of ether oxygens (including phenoxy) is 1. The molecule has 3 aromatic carbocycles. The Balaban J connectivity index is 1.84. The van der Waals surface area contributed by atoms with Gasteiger partial charge in [0.1, 0.15) is 5.75 Å². The molecule has 1 amide bonds. The molecule has 26 heavy (non-hydrogen) atoms. The van der Waals surface area contributed by atoms with Crippen LogP contribution >= 0.6 is 0 Å². The topological polar surface area (TPSA) is 55.4 Å². The second-order valence-electron chi connectivity index (χ2n) is 6.29. The lowest BCUT2D eigenvalue weighted by molar-refractivity contribution is -0.117. The molecule has 0 spiro atoms. The lowest BCUT2D eigenvalue weighted by Crippen LogP contribution is -2.20. The largest absolute Gasteiger partial charge is 0.497 e. The maximum Gasteiger partial charge on any atom is 0.231 e. The number of Topliss-reactive ketones (excluding diaryl/α,β-unsaturated/α-hetero) is 1. The molecule has 0 saturated heterocycles. The first-order chi connectivity index (χ1) is 12.5. The lowest BCUT2D eigenvalue weighted by atomic mass is 9.96. The molecule has 4 heteroatoms. The molecule has 0 bridgehead atoms. The summed E-state index contributed by atoms with van der Waals surface area (Å²) in [7, 11) is 1.64. The van der Waals surface area contributed by atoms with Crippen LogP contribution in [0.4, 0.5) is 5.69 Å². The fourth-order valence-corrected chi connectivity index (χ4v) is 2.93. The number of rotatable bonds is 5. The molecule has 0 aliphatic rings. The van der Waals surface area contributed by atoms with E-state index >= 15 is 0 Å². The highest BCUT2D eigenvalue weighted by molar-refractivity contribution is 6.05. The van der Waals surface area contributed by atoms with Crippen molar-refractivity contribution in [3.63, 3.8) is 0 Å². The Kier molecular flexibility index (Phi) is 5.03. The first kappa shape index (κ1) is 17.7. The average Bonchev–Trinajstić information content (AvgIpc) is 2.66. The number of amides is 1. The summed E-state index contributed by atoms with van der Waals surface area (Å²) in [5.74, 6) is 0.234. The Morgan fingerprint density at radius 3 is 2.38 bits per heavy atom. The quantitative estimate of drug-likeness (QED) is 0.675. The smallest absolute Gasteiger partial charge is 0.231 e. The van der Waals surface area contributed by atoms with Crippen LogP contribution in [0.1, 0.15) is 35.7 Å². The fourth-order valence-electron chi connectivity index (χ4n) is 2.93. The number of carbonyl (C=O) groups is 2. The summed E-state index contributed by atoms with van der Waals surface area (Å²) in [6.07, 6.45) is 0. The molecule has 3 rings (SSSR count). The Labute approximate surface area is 152 Å². The average molecular weight is 347 g/mol. The first-order valence-electron chi connectivity index (χ1n) is 8.48. The van der Waals surface area contributed by atoms with Crippen molar-refractivity contribution >= 4 is 28.2 Å². The van der Waals surface area contributed by atoms with Gasteiger partial charge in [-0.15, -0.1) is 0 Å². The minimum atomic E-state index is -0.346. The highest BCUT2D eigenvalue weighted by Gasteiger charge is 2.18. The number of hydrogen-bond donors (Lipinski definition) is 1. The van der Waals surface area contributed by atoms with Gasteiger partial charge in [0.15, 0.2) is 5.78 Å². The summed E-state index contributed by atoms with van der Waals surface area (Å²) in [5.41, 5.74) is 1.97. The van der Waals surface area contributed by atoms with Crippen molar-refractivity contribution in [1.29, 1.82) is 0 Å². The maximum atomic E-state index is 12.7. The van der Waals surface area contributed by atoms with E-state index < -0.39 is 0 Å². The van der Waals surface area contributed by atoms with Crippen molar-refractivity contribution in [3.8, 4) is 5.75 Å². The molecule has 0 heterocycles. The SMILES string of the molecule is COc1ccc2cc([C@H](C)C(=O)Nc3ccccc3C(C)=O)ccc2c1. The number of ketones is 1. The number of anilines is 1. The molecular formula is C22H21NO3. The van der Waals surface area contributed by atoms with E-state index in [9.17, 15) is 9.59 Å². The molecular weight excluding hydrogens is 326 g/mol. The van der Waals surface area contributed by atoms with Crippen molar-refractivity contribution in [3.05, 3.63) is 71.8 Å². The normalized spacial score (nSPS) is 11.8. The monoisotopic (exact) mass is 347 g/mol. The molecule has 0 saturated carbocycles. The van der Waals surface area contributed by atoms with Gasteiger partial charge in [0, 0.05) is 5.56 Å². The van der Waals surface area contributed by atoms with E-state index in [1.165, 1.54) is 6.92 Å². The highest BCUT2D eigenvalue weighted by Crippen LogP contribution is 2.26. The summed E-state index contributed by atoms with van der Waals surface area (Å²) >= 11 is 0. The third-order valence-corrected chi connectivity index (χ3v) is 4.53. The Morgan fingerprint density at radius 1 is 0.962 bits per heavy atom. The number of benzene rings is 3. The molecule has 4 nitrogen and oxygen atoms in total. The van der Waals surface area contributed by atoms with Gasteiger partial charge in [0.25, 0.3) is 0 Å². The molecule has 0 aliphatic carbocycles. The maximum absolute atomic E-state index is 12.7. The van der Waals surface area contributed by atoms with E-state index in [4.69, 9.17) is 4.74 Å². The van der Waals surface area contributed by atoms with Crippen LogP contribution in [0.2, 0.25) is 0 Å². The number of carbonyl (C=O) groups excluding carboxylic acids is 2. The van der Waals surface area contributed by atoms with Crippen LogP contribution in [0, 0.1) is 0 Å². The zero-order valence-electron chi connectivity index (χ0n) is 15.1. The highest BCUT2D eigenvalue weighted by atomic mass is 16.5. The van der Waals surface area contributed by atoms with E-state index in [2.05, 4.69) is 5.32 Å². The van der Waals surface area contributed by atoms with Gasteiger partial charge >= 0.3 is 0 Å². The van der Waals surface area contributed by atoms with Gasteiger partial charge in [0.05, 0.1) is 18.7 Å². The van der Waals surface area contributed by atoms with Gasteiger partial charge in [-0.2, -0.15) is 0 Å². The van der Waals surface area contributed by atoms with Crippen LogP contribution in [0.5, 0.6) is 5.75 Å². The summed E-state index contributed by atoms with van der Waals surface area (Å²) in [6.45, 7) is 3.35. The molecule has 1 atom stereocenters. The number of nitrogens with one attached hydrogen (secondary N) is 1. The summed E-state index contributed by atoms with van der Waals surface area (Å²) in [6, 6.07) is 18.8. The summed E-state index contributed by atoms with van der Waals surface area (Å²) in [4.78, 5) is 24.4. The van der Waals surface area contributed by atoms with Crippen molar-refractivity contribution in [2.75, 3.05) is 12.4 Å². The summed E-state index contributed by atoms with van der Waals surface area (Å²) in [5, 5.41) is 4.98. The van der Waals surface area contributed by atoms with Crippen LogP contribution in [-0.2, 0) is 4.79 Å². The van der Waals surface area contributed by atoms with Crippen LogP contribution in [-0.4, -0.2) is 18.8 Å². The van der Waals surface area contributed by atoms with Gasteiger partial charge < -0.3 is 10.1 Å². The minimum absolute atomic E-state index is 0.0757. The van der Waals surface area contributed by atoms with Gasteiger partial charge in [-0.3, -0.25) is 9.59 Å². The molecule has 132 valence electrons. The van der Waals surface area contributed by atoms with E-state index in [0.29, 0.717) is 11.3 Å². The van der Waals surface area contributed by atoms with Crippen LogP contribution in [0.25, 0.3) is 10.8 Å². The predicted molar refractivity (Wildman–Crippen MR) is 104 cm³/mol. The number of hydrogen-bond acceptors (Lipinski definition) is 3. The second-order valence-corrected chi connectivity index (χ2v) is 6.29. The van der Waals surface area contributed by atoms with Gasteiger partial charge in [0.2, 0.25) is 5.91 Å². The van der Waals surface area contributed by atoms with Gasteiger partial charge in [-0.05, 0) is 54.4 Å². The van der Waals surface area contributed by atoms with Gasteiger partial charge in [-0.25, -0.2) is 0 Å². The second kappa shape index (κ2) is 7.40. The molecule has 0 aromatic heterocycles. The number of fused-ring (bicyclic) bond motifs is 1. The summed E-state index contributed by atoms with van der Waals surface area (Å²) < 4.78 is 5.24. The Hall–Kier alpha value is -3.14. The Bertz CT molecular complexity index is 978. The third-order valence-electron chi connectivity index (χ3n) is 4.53. The lowest BCUT2D eigenvalue weighted by Gasteiger charge is -2.15. The predicted octanol–water partition coefficient (Wildman–Crippen LogP) is 4.79. The van der Waals surface area contributed by atoms with Crippen molar-refractivity contribution in [2.24, 2.45) is 0 Å². The number of methoxy groups -OCH3 is 1. The van der Waals surface area contributed by atoms with Crippen LogP contribution in [0.15, 0.2) is 60.7 Å². The van der Waals surface area contributed by atoms with E-state index in [1.54, 1.807) is 31.4 Å². The van der Waals surface area contributed by atoms with E-state index in [1.807, 2.05) is 43.3 Å². The molecule has 0 radical (unpaired) electrons. The van der Waals surface area contributed by atoms with Crippen molar-refractivity contribution in [2.45, 2.75) is 19.8 Å². The van der Waals surface area contributed by atoms with Crippen LogP contribution in [0.3, 0.4) is 0 Å². The first-order valence-corrected chi connectivity index (χ1v) is 8.48. The molecule has 0 unspecified atom stereocenters. The van der Waals surface area contributed by atoms with Crippen molar-refractivity contribution in [1.82, 2.24) is 0 Å². The van der Waals surface area contributed by atoms with E-state index in [-0.39, 0.29) is 17.6 Å². The third kappa shape index (κ3) is 3.59.